The number of carbonyl (C=O) groups is 2. The van der Waals surface area contributed by atoms with E-state index in [2.05, 4.69) is 5.32 Å². The Bertz CT molecular complexity index is 1650. The van der Waals surface area contributed by atoms with Crippen LogP contribution in [-0.2, 0) is 25.6 Å². The monoisotopic (exact) mass is 599 g/mol. The Kier molecular flexibility index (Phi) is 8.96. The second kappa shape index (κ2) is 13.0. The van der Waals surface area contributed by atoms with E-state index in [-0.39, 0.29) is 23.6 Å². The number of benzene rings is 3. The van der Waals surface area contributed by atoms with Gasteiger partial charge in [0.25, 0.3) is 5.69 Å². The molecule has 2 heterocycles. The topological polar surface area (TPSA) is 129 Å². The number of non-ortho nitro benzene ring substituents is 1. The van der Waals surface area contributed by atoms with E-state index in [4.69, 9.17) is 18.9 Å². The molecule has 0 spiro atoms. The van der Waals surface area contributed by atoms with Crippen molar-refractivity contribution in [3.8, 4) is 11.5 Å². The zero-order valence-electron chi connectivity index (χ0n) is 24.9. The molecule has 0 aromatic heterocycles. The van der Waals surface area contributed by atoms with E-state index in [0.29, 0.717) is 47.1 Å². The smallest absolute Gasteiger partial charge is 0.337 e. The second-order valence-corrected chi connectivity index (χ2v) is 10.7. The van der Waals surface area contributed by atoms with Crippen LogP contribution in [0.5, 0.6) is 11.5 Å². The lowest BCUT2D eigenvalue weighted by atomic mass is 9.80. The predicted molar refractivity (Wildman–Crippen MR) is 161 cm³/mol. The largest absolute Gasteiger partial charge is 0.466 e. The molecule has 1 N–H and O–H groups in total. The molecule has 0 saturated heterocycles. The van der Waals surface area contributed by atoms with E-state index < -0.39 is 28.9 Å². The number of dihydropyridines is 1. The number of carbonyl (C=O) groups excluding carboxylic acids is 2. The van der Waals surface area contributed by atoms with Crippen LogP contribution in [-0.4, -0.2) is 49.3 Å². The summed E-state index contributed by atoms with van der Waals surface area (Å²) < 4.78 is 22.4. The van der Waals surface area contributed by atoms with E-state index in [1.165, 1.54) is 25.3 Å². The number of rotatable bonds is 10. The van der Waals surface area contributed by atoms with Crippen molar-refractivity contribution in [2.45, 2.75) is 32.4 Å². The van der Waals surface area contributed by atoms with Gasteiger partial charge in [-0.3, -0.25) is 15.0 Å². The van der Waals surface area contributed by atoms with Crippen molar-refractivity contribution in [1.29, 1.82) is 0 Å². The van der Waals surface area contributed by atoms with Gasteiger partial charge >= 0.3 is 11.9 Å². The van der Waals surface area contributed by atoms with Crippen LogP contribution in [0.25, 0.3) is 0 Å². The van der Waals surface area contributed by atoms with E-state index in [9.17, 15) is 19.7 Å². The Morgan fingerprint density at radius 3 is 2.39 bits per heavy atom. The van der Waals surface area contributed by atoms with Crippen molar-refractivity contribution in [2.75, 3.05) is 27.5 Å². The van der Waals surface area contributed by atoms with Crippen molar-refractivity contribution >= 4 is 17.6 Å². The van der Waals surface area contributed by atoms with Gasteiger partial charge in [-0.2, -0.15) is 0 Å². The molecule has 3 aromatic rings. The number of esters is 2. The summed E-state index contributed by atoms with van der Waals surface area (Å²) in [7, 11) is 3.18. The molecule has 11 heteroatoms. The standard InChI is InChI=1S/C33H33N3O8/c1-20-29(32(37)41-4)31(24-11-8-12-25(15-24)36(39)40)30(21(2)34-20)33(38)44-28(18-35(3)17-22-9-6-5-7-10-22)23-13-14-26-27(16-23)43-19-42-26/h5-16,28,31,34H,17-19H2,1-4H3. The van der Waals surface area contributed by atoms with Crippen LogP contribution in [0, 0.1) is 10.1 Å². The molecule has 5 rings (SSSR count). The van der Waals surface area contributed by atoms with Gasteiger partial charge in [0, 0.05) is 36.6 Å². The first-order chi connectivity index (χ1) is 21.2. The number of nitrogens with zero attached hydrogens (tertiary/aromatic N) is 2. The van der Waals surface area contributed by atoms with Crippen LogP contribution in [0.2, 0.25) is 0 Å². The Balaban J connectivity index is 1.52. The molecular formula is C33H33N3O8. The molecule has 0 saturated carbocycles. The van der Waals surface area contributed by atoms with Crippen LogP contribution in [0.3, 0.4) is 0 Å². The normalized spacial score (nSPS) is 16.4. The minimum Gasteiger partial charge on any atom is -0.466 e. The minimum atomic E-state index is -0.976. The first-order valence-corrected chi connectivity index (χ1v) is 14.0. The lowest BCUT2D eigenvalue weighted by Gasteiger charge is -2.32. The fraction of sp³-hybridized carbons (Fsp3) is 0.273. The van der Waals surface area contributed by atoms with Crippen LogP contribution >= 0.6 is 0 Å². The molecule has 0 radical (unpaired) electrons. The molecule has 2 unspecified atom stereocenters. The van der Waals surface area contributed by atoms with Crippen molar-refractivity contribution in [3.63, 3.8) is 0 Å². The van der Waals surface area contributed by atoms with Gasteiger partial charge in [0.15, 0.2) is 11.5 Å². The van der Waals surface area contributed by atoms with Crippen LogP contribution in [0.1, 0.15) is 42.6 Å². The summed E-state index contributed by atoms with van der Waals surface area (Å²) in [5, 5.41) is 14.7. The van der Waals surface area contributed by atoms with Crippen LogP contribution in [0.15, 0.2) is 95.3 Å². The van der Waals surface area contributed by atoms with Crippen LogP contribution in [0.4, 0.5) is 5.69 Å². The van der Waals surface area contributed by atoms with Gasteiger partial charge in [-0.05, 0) is 49.7 Å². The predicted octanol–water partition coefficient (Wildman–Crippen LogP) is 5.15. The summed E-state index contributed by atoms with van der Waals surface area (Å²) in [6, 6.07) is 21.2. The Hall–Kier alpha value is -5.16. The molecule has 3 aromatic carbocycles. The lowest BCUT2D eigenvalue weighted by Crippen LogP contribution is -2.34. The lowest BCUT2D eigenvalue weighted by molar-refractivity contribution is -0.384. The maximum absolute atomic E-state index is 14.2. The number of ether oxygens (including phenoxy) is 4. The molecule has 44 heavy (non-hydrogen) atoms. The van der Waals surface area contributed by atoms with Gasteiger partial charge < -0.3 is 24.3 Å². The van der Waals surface area contributed by atoms with E-state index in [1.807, 2.05) is 48.3 Å². The number of hydrogen-bond donors (Lipinski definition) is 1. The van der Waals surface area contributed by atoms with Gasteiger partial charge in [0.05, 0.1) is 29.1 Å². The molecule has 228 valence electrons. The maximum atomic E-state index is 14.2. The summed E-state index contributed by atoms with van der Waals surface area (Å²) >= 11 is 0. The van der Waals surface area contributed by atoms with E-state index in [1.54, 1.807) is 32.0 Å². The number of fused-ring (bicyclic) bond motifs is 1. The number of likely N-dealkylation sites (N-methyl/N-ethyl adjacent to an activating group) is 1. The fourth-order valence-electron chi connectivity index (χ4n) is 5.56. The number of methoxy groups -OCH3 is 1. The summed E-state index contributed by atoms with van der Waals surface area (Å²) in [6.07, 6.45) is -0.745. The Morgan fingerprint density at radius 1 is 0.977 bits per heavy atom. The van der Waals surface area contributed by atoms with E-state index in [0.717, 1.165) is 5.56 Å². The SMILES string of the molecule is COC(=O)C1=C(C)NC(C)=C(C(=O)OC(CN(C)Cc2ccccc2)c2ccc3c(c2)OCO3)C1c1cccc([N+](=O)[O-])c1. The quantitative estimate of drug-likeness (QED) is 0.190. The first-order valence-electron chi connectivity index (χ1n) is 14.0. The first kappa shape index (κ1) is 30.3. The molecule has 2 atom stereocenters. The third-order valence-corrected chi connectivity index (χ3v) is 7.59. The summed E-state index contributed by atoms with van der Waals surface area (Å²) in [6.45, 7) is 4.43. The van der Waals surface area contributed by atoms with Gasteiger partial charge in [-0.15, -0.1) is 0 Å². The fourth-order valence-corrected chi connectivity index (χ4v) is 5.56. The van der Waals surface area contributed by atoms with Gasteiger partial charge in [0.1, 0.15) is 6.10 Å². The zero-order valence-corrected chi connectivity index (χ0v) is 24.9. The van der Waals surface area contributed by atoms with Gasteiger partial charge in [0.2, 0.25) is 6.79 Å². The van der Waals surface area contributed by atoms with Crippen molar-refractivity contribution in [3.05, 3.63) is 122 Å². The number of nitro groups is 1. The van der Waals surface area contributed by atoms with Crippen molar-refractivity contribution < 1.29 is 33.5 Å². The minimum absolute atomic E-state index is 0.0990. The summed E-state index contributed by atoms with van der Waals surface area (Å²) in [5.41, 5.74) is 3.23. The molecule has 0 aliphatic carbocycles. The number of nitrogens with one attached hydrogen (secondary N) is 1. The third kappa shape index (κ3) is 6.42. The summed E-state index contributed by atoms with van der Waals surface area (Å²) in [5.74, 6) is -1.18. The Labute approximate surface area is 254 Å². The number of hydrogen-bond acceptors (Lipinski definition) is 10. The van der Waals surface area contributed by atoms with Gasteiger partial charge in [-0.1, -0.05) is 48.5 Å². The highest BCUT2D eigenvalue weighted by atomic mass is 16.7. The zero-order chi connectivity index (χ0) is 31.4. The maximum Gasteiger partial charge on any atom is 0.337 e. The molecular weight excluding hydrogens is 566 g/mol. The van der Waals surface area contributed by atoms with E-state index >= 15 is 0 Å². The summed E-state index contributed by atoms with van der Waals surface area (Å²) in [4.78, 5) is 40.4. The number of nitro benzene ring substituents is 1. The van der Waals surface area contributed by atoms with Crippen molar-refractivity contribution in [1.82, 2.24) is 10.2 Å². The molecule has 0 fully saturated rings. The molecule has 0 amide bonds. The highest BCUT2D eigenvalue weighted by molar-refractivity contribution is 6.00. The molecule has 0 bridgehead atoms. The highest BCUT2D eigenvalue weighted by Crippen LogP contribution is 2.41. The Morgan fingerprint density at radius 2 is 1.68 bits per heavy atom. The second-order valence-electron chi connectivity index (χ2n) is 10.7. The van der Waals surface area contributed by atoms with Crippen molar-refractivity contribution in [2.24, 2.45) is 0 Å². The molecule has 11 nitrogen and oxygen atoms in total. The van der Waals surface area contributed by atoms with Crippen LogP contribution < -0.4 is 14.8 Å². The molecule has 2 aliphatic rings. The third-order valence-electron chi connectivity index (χ3n) is 7.59. The average Bonchev–Trinajstić information content (AvgIpc) is 3.48. The highest BCUT2D eigenvalue weighted by Gasteiger charge is 2.39. The average molecular weight is 600 g/mol. The number of allylic oxidation sites excluding steroid dienone is 2. The molecule has 2 aliphatic heterocycles. The van der Waals surface area contributed by atoms with Gasteiger partial charge in [-0.25, -0.2) is 9.59 Å².